The summed E-state index contributed by atoms with van der Waals surface area (Å²) in [7, 11) is -3.77. The number of nitrogens with one attached hydrogen (secondary N) is 1. The Labute approximate surface area is 250 Å². The van der Waals surface area contributed by atoms with Crippen molar-refractivity contribution in [3.8, 4) is 5.75 Å². The minimum atomic E-state index is -4.87. The SMILES string of the molecule is CCCN(C(=O)Cc1ccc2c(c1)NC(=O)CS2(=O)=O)[C@H](CN1CC[C@H](O)C1)c1cccc(OC(F)(F)F)c1.S.S. The second-order valence-electron chi connectivity index (χ2n) is 9.74. The zero-order valence-corrected chi connectivity index (χ0v) is 25.1. The molecule has 41 heavy (non-hydrogen) atoms. The number of fused-ring (bicyclic) bond motifs is 1. The number of anilines is 1. The second-order valence-corrected chi connectivity index (χ2v) is 11.7. The van der Waals surface area contributed by atoms with Gasteiger partial charge in [-0.1, -0.05) is 25.1 Å². The molecule has 0 saturated carbocycles. The summed E-state index contributed by atoms with van der Waals surface area (Å²) in [5, 5.41) is 12.5. The Bertz CT molecular complexity index is 1340. The van der Waals surface area contributed by atoms with Crippen molar-refractivity contribution in [1.82, 2.24) is 9.80 Å². The number of hydrogen-bond donors (Lipinski definition) is 2. The molecular formula is C26H34F3N3O6S3. The highest BCUT2D eigenvalue weighted by Gasteiger charge is 2.34. The van der Waals surface area contributed by atoms with E-state index in [4.69, 9.17) is 0 Å². The second kappa shape index (κ2) is 14.1. The van der Waals surface area contributed by atoms with Crippen molar-refractivity contribution in [2.24, 2.45) is 0 Å². The van der Waals surface area contributed by atoms with Gasteiger partial charge in [-0.15, -0.1) is 13.2 Å². The van der Waals surface area contributed by atoms with Crippen LogP contribution in [0.2, 0.25) is 0 Å². The van der Waals surface area contributed by atoms with Crippen LogP contribution >= 0.6 is 27.0 Å². The quantitative estimate of drug-likeness (QED) is 0.434. The number of ether oxygens (including phenoxy) is 1. The van der Waals surface area contributed by atoms with Crippen molar-refractivity contribution in [2.45, 2.75) is 49.6 Å². The molecule has 228 valence electrons. The number of aliphatic hydroxyl groups excluding tert-OH is 1. The van der Waals surface area contributed by atoms with Crippen LogP contribution in [-0.2, 0) is 25.8 Å². The number of nitrogens with zero attached hydrogens (tertiary/aromatic N) is 2. The molecule has 2 N–H and O–H groups in total. The van der Waals surface area contributed by atoms with Gasteiger partial charge in [-0.3, -0.25) is 14.5 Å². The molecule has 0 aliphatic carbocycles. The molecule has 2 aromatic rings. The van der Waals surface area contributed by atoms with Gasteiger partial charge >= 0.3 is 6.36 Å². The van der Waals surface area contributed by atoms with E-state index in [-0.39, 0.29) is 56.4 Å². The summed E-state index contributed by atoms with van der Waals surface area (Å²) in [6.07, 6.45) is -4.40. The maximum absolute atomic E-state index is 13.7. The summed E-state index contributed by atoms with van der Waals surface area (Å²) in [6.45, 7) is 3.42. The topological polar surface area (TPSA) is 116 Å². The van der Waals surface area contributed by atoms with Crippen LogP contribution in [0.25, 0.3) is 0 Å². The zero-order chi connectivity index (χ0) is 28.4. The van der Waals surface area contributed by atoms with Gasteiger partial charge in [-0.25, -0.2) is 8.42 Å². The Kier molecular flexibility index (Phi) is 12.0. The number of benzene rings is 2. The molecule has 2 aliphatic heterocycles. The summed E-state index contributed by atoms with van der Waals surface area (Å²) in [5.41, 5.74) is 1.03. The standard InChI is InChI=1S/C26H30F3N3O6S.2H2S/c1-2-9-32(25(35)12-17-6-7-23-21(11-17)30-24(34)16-39(23,36)37)22(15-31-10-8-19(33)14-31)18-4-3-5-20(13-18)38-26(27,28)29;;/h3-7,11,13,19,22,33H,2,8-10,12,14-16H2,1H3,(H,30,34);2*1H2/t19-,22+;;/m0../s1. The molecule has 9 nitrogen and oxygen atoms in total. The maximum atomic E-state index is 13.7. The maximum Gasteiger partial charge on any atom is 0.573 e. The summed E-state index contributed by atoms with van der Waals surface area (Å²) < 4.78 is 67.5. The van der Waals surface area contributed by atoms with Crippen molar-refractivity contribution in [2.75, 3.05) is 37.2 Å². The number of sulfone groups is 1. The highest BCUT2D eigenvalue weighted by Crippen LogP contribution is 2.32. The third-order valence-electron chi connectivity index (χ3n) is 6.65. The van der Waals surface area contributed by atoms with Crippen molar-refractivity contribution in [1.29, 1.82) is 0 Å². The van der Waals surface area contributed by atoms with Gasteiger partial charge in [0, 0.05) is 26.2 Å². The highest BCUT2D eigenvalue weighted by atomic mass is 32.2. The lowest BCUT2D eigenvalue weighted by Gasteiger charge is -2.35. The van der Waals surface area contributed by atoms with Gasteiger partial charge in [0.15, 0.2) is 9.84 Å². The van der Waals surface area contributed by atoms with E-state index >= 15 is 0 Å². The molecule has 2 aliphatic rings. The predicted molar refractivity (Wildman–Crippen MR) is 157 cm³/mol. The number of β-amino-alcohol motifs (C(OH)–C–C–N with tert-alkyl or cyclic N) is 1. The van der Waals surface area contributed by atoms with Gasteiger partial charge in [0.05, 0.1) is 29.1 Å². The molecule has 0 spiro atoms. The lowest BCUT2D eigenvalue weighted by atomic mass is 10.0. The van der Waals surface area contributed by atoms with E-state index in [1.807, 2.05) is 11.8 Å². The smallest absolute Gasteiger partial charge is 0.406 e. The Morgan fingerprint density at radius 1 is 1.22 bits per heavy atom. The zero-order valence-electron chi connectivity index (χ0n) is 22.3. The molecule has 2 heterocycles. The van der Waals surface area contributed by atoms with E-state index in [1.54, 1.807) is 11.0 Å². The molecule has 1 saturated heterocycles. The first kappa shape index (κ1) is 34.7. The fourth-order valence-corrected chi connectivity index (χ4v) is 6.28. The molecule has 15 heteroatoms. The van der Waals surface area contributed by atoms with Crippen LogP contribution in [0.4, 0.5) is 18.9 Å². The largest absolute Gasteiger partial charge is 0.573 e. The predicted octanol–water partition coefficient (Wildman–Crippen LogP) is 3.13. The Morgan fingerprint density at radius 3 is 2.59 bits per heavy atom. The normalized spacial score (nSPS) is 18.8. The number of halogens is 3. The van der Waals surface area contributed by atoms with E-state index < -0.39 is 45.8 Å². The van der Waals surface area contributed by atoms with Crippen molar-refractivity contribution in [3.05, 3.63) is 53.6 Å². The van der Waals surface area contributed by atoms with Crippen LogP contribution < -0.4 is 10.1 Å². The fourth-order valence-electron chi connectivity index (χ4n) is 4.99. The van der Waals surface area contributed by atoms with Gasteiger partial charge in [0.1, 0.15) is 11.5 Å². The van der Waals surface area contributed by atoms with Gasteiger partial charge < -0.3 is 20.1 Å². The van der Waals surface area contributed by atoms with Gasteiger partial charge in [0.2, 0.25) is 11.8 Å². The molecule has 4 rings (SSSR count). The molecule has 2 aromatic carbocycles. The lowest BCUT2D eigenvalue weighted by molar-refractivity contribution is -0.274. The van der Waals surface area contributed by atoms with Crippen LogP contribution in [0, 0.1) is 0 Å². The van der Waals surface area contributed by atoms with Gasteiger partial charge in [0.25, 0.3) is 0 Å². The minimum Gasteiger partial charge on any atom is -0.406 e. The first-order valence-corrected chi connectivity index (χ1v) is 14.2. The van der Waals surface area contributed by atoms with Gasteiger partial charge in [-0.05, 0) is 48.2 Å². The number of amides is 2. The lowest BCUT2D eigenvalue weighted by Crippen LogP contribution is -2.42. The molecule has 0 bridgehead atoms. The number of alkyl halides is 3. The van der Waals surface area contributed by atoms with E-state index in [0.717, 1.165) is 0 Å². The third kappa shape index (κ3) is 9.01. The number of carbonyl (C=O) groups excluding carboxylic acids is 2. The van der Waals surface area contributed by atoms with E-state index in [9.17, 15) is 36.3 Å². The molecule has 1 fully saturated rings. The first-order valence-electron chi connectivity index (χ1n) is 12.6. The summed E-state index contributed by atoms with van der Waals surface area (Å²) >= 11 is 0. The molecule has 0 unspecified atom stereocenters. The van der Waals surface area contributed by atoms with Crippen molar-refractivity contribution in [3.63, 3.8) is 0 Å². The van der Waals surface area contributed by atoms with E-state index in [1.165, 1.54) is 36.4 Å². The van der Waals surface area contributed by atoms with Crippen LogP contribution in [0.1, 0.15) is 36.9 Å². The number of aliphatic hydroxyl groups is 1. The third-order valence-corrected chi connectivity index (χ3v) is 8.31. The Balaban J connectivity index is 0.00000294. The molecule has 2 amide bonds. The number of carbonyl (C=O) groups is 2. The van der Waals surface area contributed by atoms with E-state index in [0.29, 0.717) is 43.6 Å². The molecule has 2 atom stereocenters. The highest BCUT2D eigenvalue weighted by molar-refractivity contribution is 7.92. The first-order chi connectivity index (χ1) is 18.3. The molecule has 0 aromatic heterocycles. The monoisotopic (exact) mass is 637 g/mol. The van der Waals surface area contributed by atoms with Crippen LogP contribution in [-0.4, -0.2) is 79.5 Å². The van der Waals surface area contributed by atoms with Gasteiger partial charge in [-0.2, -0.15) is 27.0 Å². The van der Waals surface area contributed by atoms with Crippen LogP contribution in [0.15, 0.2) is 47.4 Å². The summed E-state index contributed by atoms with van der Waals surface area (Å²) in [6, 6.07) is 9.21. The average molecular weight is 638 g/mol. The van der Waals surface area contributed by atoms with Crippen LogP contribution in [0.5, 0.6) is 5.75 Å². The van der Waals surface area contributed by atoms with Crippen LogP contribution in [0.3, 0.4) is 0 Å². The number of likely N-dealkylation sites (tertiary alicyclic amines) is 1. The number of rotatable bonds is 9. The average Bonchev–Trinajstić information content (AvgIpc) is 3.24. The summed E-state index contributed by atoms with van der Waals surface area (Å²) in [5.74, 6) is -2.03. The molecule has 0 radical (unpaired) electrons. The van der Waals surface area contributed by atoms with E-state index in [2.05, 4.69) is 10.1 Å². The summed E-state index contributed by atoms with van der Waals surface area (Å²) in [4.78, 5) is 29.0. The minimum absolute atomic E-state index is 0. The Morgan fingerprint density at radius 2 is 1.95 bits per heavy atom. The Hall–Kier alpha value is -2.46. The fraction of sp³-hybridized carbons (Fsp3) is 0.462. The van der Waals surface area contributed by atoms with Crippen molar-refractivity contribution < 1.29 is 41.0 Å². The van der Waals surface area contributed by atoms with Crippen molar-refractivity contribution >= 4 is 54.3 Å². The molecular weight excluding hydrogens is 603 g/mol. The number of hydrogen-bond acceptors (Lipinski definition) is 7.